The first-order valence-electron chi connectivity index (χ1n) is 6.41. The molecule has 0 aromatic heterocycles. The number of benzene rings is 1. The molecule has 0 spiro atoms. The molecule has 1 aliphatic rings. The van der Waals surface area contributed by atoms with Crippen molar-refractivity contribution in [3.05, 3.63) is 28.2 Å². The predicted molar refractivity (Wildman–Crippen MR) is 76.5 cm³/mol. The van der Waals surface area contributed by atoms with Crippen LogP contribution in [0.3, 0.4) is 0 Å². The molecule has 2 atom stereocenters. The van der Waals surface area contributed by atoms with E-state index in [0.717, 1.165) is 19.3 Å². The second-order valence-electron chi connectivity index (χ2n) is 4.94. The van der Waals surface area contributed by atoms with Crippen LogP contribution in [0.15, 0.2) is 18.2 Å². The Bertz CT molecular complexity index is 432. The van der Waals surface area contributed by atoms with Crippen LogP contribution >= 0.6 is 23.2 Å². The van der Waals surface area contributed by atoms with Crippen molar-refractivity contribution >= 4 is 23.2 Å². The zero-order valence-electron chi connectivity index (χ0n) is 10.7. The smallest absolute Gasteiger partial charge is 0.139 e. The number of hydrogen-bond acceptors (Lipinski definition) is 2. The van der Waals surface area contributed by atoms with Crippen LogP contribution < -0.4 is 10.5 Å². The SMILES string of the molecule is CCC1(CC)C(N)CC1Oc1cccc(Cl)c1Cl. The zero-order valence-corrected chi connectivity index (χ0v) is 12.3. The largest absolute Gasteiger partial charge is 0.488 e. The first-order valence-corrected chi connectivity index (χ1v) is 7.17. The van der Waals surface area contributed by atoms with E-state index in [2.05, 4.69) is 13.8 Å². The summed E-state index contributed by atoms with van der Waals surface area (Å²) in [5.74, 6) is 0.660. The maximum atomic E-state index is 6.15. The number of nitrogens with two attached hydrogens (primary N) is 1. The summed E-state index contributed by atoms with van der Waals surface area (Å²) in [6, 6.07) is 5.68. The van der Waals surface area contributed by atoms with E-state index in [4.69, 9.17) is 33.7 Å². The maximum Gasteiger partial charge on any atom is 0.139 e. The van der Waals surface area contributed by atoms with Gasteiger partial charge in [-0.25, -0.2) is 0 Å². The molecule has 0 amide bonds. The van der Waals surface area contributed by atoms with Gasteiger partial charge in [-0.3, -0.25) is 0 Å². The molecular weight excluding hydrogens is 269 g/mol. The van der Waals surface area contributed by atoms with E-state index in [1.807, 2.05) is 12.1 Å². The van der Waals surface area contributed by atoms with Gasteiger partial charge in [0, 0.05) is 17.9 Å². The molecule has 100 valence electrons. The number of rotatable bonds is 4. The first kappa shape index (κ1) is 14.0. The van der Waals surface area contributed by atoms with Crippen LogP contribution in [0.4, 0.5) is 0 Å². The van der Waals surface area contributed by atoms with Crippen LogP contribution in [-0.4, -0.2) is 12.1 Å². The van der Waals surface area contributed by atoms with Crippen LogP contribution in [0.5, 0.6) is 5.75 Å². The van der Waals surface area contributed by atoms with E-state index in [-0.39, 0.29) is 17.6 Å². The molecule has 4 heteroatoms. The minimum Gasteiger partial charge on any atom is -0.488 e. The van der Waals surface area contributed by atoms with Crippen LogP contribution in [0.25, 0.3) is 0 Å². The molecule has 2 N–H and O–H groups in total. The molecule has 2 unspecified atom stereocenters. The van der Waals surface area contributed by atoms with Gasteiger partial charge >= 0.3 is 0 Å². The fourth-order valence-corrected chi connectivity index (χ4v) is 3.24. The highest BCUT2D eigenvalue weighted by atomic mass is 35.5. The van der Waals surface area contributed by atoms with Crippen molar-refractivity contribution in [2.24, 2.45) is 11.1 Å². The highest BCUT2D eigenvalue weighted by Crippen LogP contribution is 2.48. The fourth-order valence-electron chi connectivity index (χ4n) is 2.90. The van der Waals surface area contributed by atoms with Gasteiger partial charge in [-0.15, -0.1) is 0 Å². The summed E-state index contributed by atoms with van der Waals surface area (Å²) in [5.41, 5.74) is 6.23. The molecule has 0 heterocycles. The highest BCUT2D eigenvalue weighted by molar-refractivity contribution is 6.42. The molecule has 0 saturated heterocycles. The number of ether oxygens (including phenoxy) is 1. The third-order valence-electron chi connectivity index (χ3n) is 4.35. The van der Waals surface area contributed by atoms with E-state index in [0.29, 0.717) is 15.8 Å². The van der Waals surface area contributed by atoms with E-state index in [1.54, 1.807) is 6.07 Å². The average molecular weight is 288 g/mol. The highest BCUT2D eigenvalue weighted by Gasteiger charge is 2.52. The lowest BCUT2D eigenvalue weighted by atomic mass is 9.59. The molecule has 1 aliphatic carbocycles. The predicted octanol–water partition coefficient (Wildman–Crippen LogP) is 4.28. The fraction of sp³-hybridized carbons (Fsp3) is 0.571. The van der Waals surface area contributed by atoms with E-state index >= 15 is 0 Å². The molecule has 2 rings (SSSR count). The molecule has 0 bridgehead atoms. The standard InChI is InChI=1S/C14H19Cl2NO/c1-3-14(4-2)11(17)8-12(14)18-10-7-5-6-9(15)13(10)16/h5-7,11-12H,3-4,8,17H2,1-2H3. The van der Waals surface area contributed by atoms with Crippen molar-refractivity contribution in [2.75, 3.05) is 0 Å². The van der Waals surface area contributed by atoms with Gasteiger partial charge in [-0.2, -0.15) is 0 Å². The van der Waals surface area contributed by atoms with Crippen LogP contribution in [0, 0.1) is 5.41 Å². The van der Waals surface area contributed by atoms with Gasteiger partial charge < -0.3 is 10.5 Å². The lowest BCUT2D eigenvalue weighted by molar-refractivity contribution is -0.0721. The van der Waals surface area contributed by atoms with E-state index in [1.165, 1.54) is 0 Å². The van der Waals surface area contributed by atoms with Crippen molar-refractivity contribution < 1.29 is 4.74 Å². The molecule has 1 aromatic rings. The third kappa shape index (κ3) is 2.11. The van der Waals surface area contributed by atoms with Gasteiger partial charge in [0.2, 0.25) is 0 Å². The second-order valence-corrected chi connectivity index (χ2v) is 5.73. The summed E-state index contributed by atoms with van der Waals surface area (Å²) in [6.07, 6.45) is 3.06. The van der Waals surface area contributed by atoms with Crippen molar-refractivity contribution in [1.82, 2.24) is 0 Å². The van der Waals surface area contributed by atoms with Crippen molar-refractivity contribution in [1.29, 1.82) is 0 Å². The van der Waals surface area contributed by atoms with Gasteiger partial charge in [0.1, 0.15) is 16.9 Å². The van der Waals surface area contributed by atoms with Crippen LogP contribution in [0.2, 0.25) is 10.0 Å². The number of hydrogen-bond donors (Lipinski definition) is 1. The summed E-state index contributed by atoms with van der Waals surface area (Å²) >= 11 is 12.1. The normalized spacial score (nSPS) is 25.6. The Morgan fingerprint density at radius 3 is 2.56 bits per heavy atom. The Labute approximate surface area is 118 Å². The Morgan fingerprint density at radius 1 is 1.33 bits per heavy atom. The van der Waals surface area contributed by atoms with Gasteiger partial charge in [0.25, 0.3) is 0 Å². The van der Waals surface area contributed by atoms with Crippen LogP contribution in [0.1, 0.15) is 33.1 Å². The lowest BCUT2D eigenvalue weighted by Gasteiger charge is -2.53. The first-order chi connectivity index (χ1) is 8.55. The van der Waals surface area contributed by atoms with Crippen molar-refractivity contribution in [3.8, 4) is 5.75 Å². The Kier molecular flexibility index (Phi) is 4.10. The van der Waals surface area contributed by atoms with E-state index in [9.17, 15) is 0 Å². The summed E-state index contributed by atoms with van der Waals surface area (Å²) in [6.45, 7) is 4.33. The van der Waals surface area contributed by atoms with E-state index < -0.39 is 0 Å². The van der Waals surface area contributed by atoms with Crippen LogP contribution in [-0.2, 0) is 0 Å². The molecule has 1 saturated carbocycles. The molecule has 1 fully saturated rings. The zero-order chi connectivity index (χ0) is 13.3. The molecule has 0 aliphatic heterocycles. The molecule has 2 nitrogen and oxygen atoms in total. The lowest BCUT2D eigenvalue weighted by Crippen LogP contribution is -2.62. The minimum atomic E-state index is 0.0750. The minimum absolute atomic E-state index is 0.0750. The van der Waals surface area contributed by atoms with Crippen molar-refractivity contribution in [3.63, 3.8) is 0 Å². The summed E-state index contributed by atoms with van der Waals surface area (Å²) in [5, 5.41) is 1.01. The monoisotopic (exact) mass is 287 g/mol. The maximum absolute atomic E-state index is 6.15. The Hall–Kier alpha value is -0.440. The van der Waals surface area contributed by atoms with Gasteiger partial charge in [-0.05, 0) is 25.0 Å². The quantitative estimate of drug-likeness (QED) is 0.897. The molecular formula is C14H19Cl2NO. The Balaban J connectivity index is 2.18. The van der Waals surface area contributed by atoms with Gasteiger partial charge in [0.15, 0.2) is 0 Å². The average Bonchev–Trinajstić information content (AvgIpc) is 2.36. The topological polar surface area (TPSA) is 35.2 Å². The summed E-state index contributed by atoms with van der Waals surface area (Å²) in [4.78, 5) is 0. The van der Waals surface area contributed by atoms with Crippen molar-refractivity contribution in [2.45, 2.75) is 45.3 Å². The van der Waals surface area contributed by atoms with Gasteiger partial charge in [0.05, 0.1) is 5.02 Å². The number of halogens is 2. The molecule has 0 radical (unpaired) electrons. The molecule has 18 heavy (non-hydrogen) atoms. The van der Waals surface area contributed by atoms with Gasteiger partial charge in [-0.1, -0.05) is 43.1 Å². The Morgan fingerprint density at radius 2 is 2.00 bits per heavy atom. The summed E-state index contributed by atoms with van der Waals surface area (Å²) < 4.78 is 6.03. The molecule has 1 aromatic carbocycles. The third-order valence-corrected chi connectivity index (χ3v) is 5.15. The second kappa shape index (κ2) is 5.28. The summed E-state index contributed by atoms with van der Waals surface area (Å²) in [7, 11) is 0.